The van der Waals surface area contributed by atoms with Crippen LogP contribution in [0.5, 0.6) is 0 Å². The zero-order valence-electron chi connectivity index (χ0n) is 16.7. The van der Waals surface area contributed by atoms with Crippen molar-refractivity contribution in [1.82, 2.24) is 20.5 Å². The molecule has 0 aliphatic heterocycles. The van der Waals surface area contributed by atoms with E-state index in [2.05, 4.69) is 25.8 Å². The molecule has 152 valence electrons. The molecule has 0 fully saturated rings. The van der Waals surface area contributed by atoms with Crippen LogP contribution in [0.2, 0.25) is 0 Å². The highest BCUT2D eigenvalue weighted by Crippen LogP contribution is 2.23. The number of nitrogens with one attached hydrogen (secondary N) is 3. The third-order valence-corrected chi connectivity index (χ3v) is 4.71. The van der Waals surface area contributed by atoms with E-state index in [-0.39, 0.29) is 29.7 Å². The number of carbonyl (C=O) groups excluding carboxylic acids is 2. The molecule has 2 heterocycles. The van der Waals surface area contributed by atoms with Crippen molar-refractivity contribution < 1.29 is 9.59 Å². The Balaban J connectivity index is 2.09. The van der Waals surface area contributed by atoms with Crippen molar-refractivity contribution >= 4 is 34.6 Å². The third-order valence-electron chi connectivity index (χ3n) is 3.95. The van der Waals surface area contributed by atoms with Gasteiger partial charge < -0.3 is 26.6 Å². The second-order valence-corrected chi connectivity index (χ2v) is 7.83. The summed E-state index contributed by atoms with van der Waals surface area (Å²) in [5.74, 6) is -0.327. The minimum Gasteiger partial charge on any atom is -0.396 e. The van der Waals surface area contributed by atoms with Gasteiger partial charge in [-0.05, 0) is 52.5 Å². The van der Waals surface area contributed by atoms with Crippen LogP contribution in [0.1, 0.15) is 42.4 Å². The summed E-state index contributed by atoms with van der Waals surface area (Å²) in [6.45, 7) is 4.61. The zero-order chi connectivity index (χ0) is 20.7. The Bertz CT molecular complexity index is 788. The highest BCUT2D eigenvalue weighted by Gasteiger charge is 2.17. The number of rotatable bonds is 8. The fourth-order valence-electron chi connectivity index (χ4n) is 2.51. The molecule has 0 aliphatic rings. The van der Waals surface area contributed by atoms with Crippen LogP contribution in [0.25, 0.3) is 0 Å². The van der Waals surface area contributed by atoms with Crippen molar-refractivity contribution in [2.75, 3.05) is 31.7 Å². The van der Waals surface area contributed by atoms with Gasteiger partial charge >= 0.3 is 6.03 Å². The molecule has 0 spiro atoms. The van der Waals surface area contributed by atoms with Crippen molar-refractivity contribution in [3.63, 3.8) is 0 Å². The first-order valence-corrected chi connectivity index (χ1v) is 10.0. The molecule has 0 bridgehead atoms. The van der Waals surface area contributed by atoms with Crippen LogP contribution in [0.15, 0.2) is 29.1 Å². The Morgan fingerprint density at radius 2 is 1.96 bits per heavy atom. The smallest absolute Gasteiger partial charge is 0.315 e. The number of amides is 3. The van der Waals surface area contributed by atoms with Crippen LogP contribution in [-0.4, -0.2) is 48.5 Å². The number of hydrogen-bond donors (Lipinski definition) is 4. The number of hydrogen-bond acceptors (Lipinski definition) is 6. The van der Waals surface area contributed by atoms with Gasteiger partial charge in [0.25, 0.3) is 5.91 Å². The lowest BCUT2D eigenvalue weighted by Gasteiger charge is -2.22. The summed E-state index contributed by atoms with van der Waals surface area (Å²) in [4.78, 5) is 30.8. The number of nitrogen functional groups attached to an aromatic ring is 1. The van der Waals surface area contributed by atoms with E-state index in [0.717, 1.165) is 18.5 Å². The SMILES string of the molecule is CC(C)NC(=O)NC(CCN(C)C)c1ccc(C(=O)Nc2cscc2N)nc1. The molecule has 2 rings (SSSR count). The quantitative estimate of drug-likeness (QED) is 0.540. The fourth-order valence-corrected chi connectivity index (χ4v) is 3.18. The van der Waals surface area contributed by atoms with Gasteiger partial charge in [-0.15, -0.1) is 11.3 Å². The van der Waals surface area contributed by atoms with Crippen LogP contribution in [0.4, 0.5) is 16.2 Å². The highest BCUT2D eigenvalue weighted by atomic mass is 32.1. The molecular weight excluding hydrogens is 376 g/mol. The molecule has 0 aromatic carbocycles. The summed E-state index contributed by atoms with van der Waals surface area (Å²) in [5.41, 5.74) is 8.03. The highest BCUT2D eigenvalue weighted by molar-refractivity contribution is 7.09. The Labute approximate surface area is 169 Å². The summed E-state index contributed by atoms with van der Waals surface area (Å²) >= 11 is 1.42. The minimum atomic E-state index is -0.327. The lowest BCUT2D eigenvalue weighted by molar-refractivity contribution is 0.102. The molecule has 8 nitrogen and oxygen atoms in total. The van der Waals surface area contributed by atoms with E-state index in [4.69, 9.17) is 5.73 Å². The fraction of sp³-hybridized carbons (Fsp3) is 0.421. The zero-order valence-corrected chi connectivity index (χ0v) is 17.5. The Hall–Kier alpha value is -2.65. The number of nitrogens with two attached hydrogens (primary N) is 1. The molecule has 0 radical (unpaired) electrons. The summed E-state index contributed by atoms with van der Waals surface area (Å²) in [6.07, 6.45) is 2.35. The second kappa shape index (κ2) is 10.0. The van der Waals surface area contributed by atoms with Crippen molar-refractivity contribution in [3.05, 3.63) is 40.3 Å². The number of aromatic nitrogens is 1. The molecule has 5 N–H and O–H groups in total. The molecule has 3 amide bonds. The summed E-state index contributed by atoms with van der Waals surface area (Å²) < 4.78 is 0. The molecule has 0 saturated heterocycles. The average molecular weight is 405 g/mol. The first-order valence-electron chi connectivity index (χ1n) is 9.07. The normalized spacial score (nSPS) is 12.1. The standard InChI is InChI=1S/C19H28N6O2S/c1-12(2)22-19(27)24-15(7-8-25(3)4)13-5-6-16(21-9-13)18(26)23-17-11-28-10-14(17)20/h5-6,9-12,15H,7-8,20H2,1-4H3,(H,23,26)(H2,22,24,27). The summed E-state index contributed by atoms with van der Waals surface area (Å²) in [6, 6.07) is 3.07. The van der Waals surface area contributed by atoms with Crippen LogP contribution < -0.4 is 21.7 Å². The molecule has 2 aromatic heterocycles. The Kier molecular flexibility index (Phi) is 7.77. The van der Waals surface area contributed by atoms with E-state index >= 15 is 0 Å². The van der Waals surface area contributed by atoms with E-state index in [0.29, 0.717) is 11.4 Å². The maximum Gasteiger partial charge on any atom is 0.315 e. The number of carbonyl (C=O) groups is 2. The van der Waals surface area contributed by atoms with E-state index < -0.39 is 0 Å². The van der Waals surface area contributed by atoms with Gasteiger partial charge in [0.05, 0.1) is 17.4 Å². The predicted octanol–water partition coefficient (Wildman–Crippen LogP) is 2.68. The Morgan fingerprint density at radius 3 is 2.50 bits per heavy atom. The molecule has 0 aliphatic carbocycles. The first kappa shape index (κ1) is 21.6. The molecule has 2 aromatic rings. The van der Waals surface area contributed by atoms with Gasteiger partial charge in [-0.3, -0.25) is 9.78 Å². The average Bonchev–Trinajstić information content (AvgIpc) is 3.02. The monoisotopic (exact) mass is 404 g/mol. The van der Waals surface area contributed by atoms with Gasteiger partial charge in [0.2, 0.25) is 0 Å². The number of pyridine rings is 1. The topological polar surface area (TPSA) is 112 Å². The maximum absolute atomic E-state index is 12.3. The van der Waals surface area contributed by atoms with Gasteiger partial charge in [0.15, 0.2) is 0 Å². The second-order valence-electron chi connectivity index (χ2n) is 7.09. The van der Waals surface area contributed by atoms with Gasteiger partial charge in [-0.2, -0.15) is 0 Å². The van der Waals surface area contributed by atoms with Crippen molar-refractivity contribution in [1.29, 1.82) is 0 Å². The molecular formula is C19H28N6O2S. The molecule has 0 saturated carbocycles. The number of thiophene rings is 1. The van der Waals surface area contributed by atoms with Crippen LogP contribution in [-0.2, 0) is 0 Å². The van der Waals surface area contributed by atoms with Crippen LogP contribution in [0.3, 0.4) is 0 Å². The van der Waals surface area contributed by atoms with E-state index in [9.17, 15) is 9.59 Å². The number of urea groups is 1. The van der Waals surface area contributed by atoms with Gasteiger partial charge in [-0.25, -0.2) is 4.79 Å². The lowest BCUT2D eigenvalue weighted by Crippen LogP contribution is -2.42. The van der Waals surface area contributed by atoms with Gasteiger partial charge in [0.1, 0.15) is 5.69 Å². The molecule has 1 unspecified atom stereocenters. The molecule has 28 heavy (non-hydrogen) atoms. The first-order chi connectivity index (χ1) is 13.3. The summed E-state index contributed by atoms with van der Waals surface area (Å²) in [5, 5.41) is 12.1. The number of anilines is 2. The van der Waals surface area contributed by atoms with Gasteiger partial charge in [-0.1, -0.05) is 6.07 Å². The lowest BCUT2D eigenvalue weighted by atomic mass is 10.1. The Morgan fingerprint density at radius 1 is 1.21 bits per heavy atom. The van der Waals surface area contributed by atoms with E-state index in [1.165, 1.54) is 11.3 Å². The van der Waals surface area contributed by atoms with Crippen molar-refractivity contribution in [3.8, 4) is 0 Å². The molecule has 9 heteroatoms. The molecule has 1 atom stereocenters. The largest absolute Gasteiger partial charge is 0.396 e. The summed E-state index contributed by atoms with van der Waals surface area (Å²) in [7, 11) is 3.96. The van der Waals surface area contributed by atoms with E-state index in [1.54, 1.807) is 23.0 Å². The van der Waals surface area contributed by atoms with E-state index in [1.807, 2.05) is 34.0 Å². The van der Waals surface area contributed by atoms with Crippen molar-refractivity contribution in [2.24, 2.45) is 0 Å². The van der Waals surface area contributed by atoms with Crippen LogP contribution in [0, 0.1) is 0 Å². The van der Waals surface area contributed by atoms with Gasteiger partial charge in [0, 0.05) is 23.0 Å². The van der Waals surface area contributed by atoms with Crippen molar-refractivity contribution in [2.45, 2.75) is 32.4 Å². The predicted molar refractivity (Wildman–Crippen MR) is 114 cm³/mol. The maximum atomic E-state index is 12.3. The van der Waals surface area contributed by atoms with Crippen LogP contribution >= 0.6 is 11.3 Å². The minimum absolute atomic E-state index is 0.0447. The number of nitrogens with zero attached hydrogens (tertiary/aromatic N) is 2. The third kappa shape index (κ3) is 6.50.